The fourth-order valence-corrected chi connectivity index (χ4v) is 3.22. The summed E-state index contributed by atoms with van der Waals surface area (Å²) < 4.78 is 27.3. The summed E-state index contributed by atoms with van der Waals surface area (Å²) in [6.45, 7) is 6.66. The highest BCUT2D eigenvalue weighted by atomic mass is 16.5. The number of hydrogen-bond acceptors (Lipinski definition) is 9. The van der Waals surface area contributed by atoms with Gasteiger partial charge in [-0.15, -0.1) is 0 Å². The summed E-state index contributed by atoms with van der Waals surface area (Å²) in [5, 5.41) is 3.94. The monoisotopic (exact) mass is 498 g/mol. The van der Waals surface area contributed by atoms with Gasteiger partial charge in [-0.1, -0.05) is 5.16 Å². The van der Waals surface area contributed by atoms with Gasteiger partial charge in [0.1, 0.15) is 5.75 Å². The molecule has 11 heteroatoms. The number of carbonyl (C=O) groups excluding carboxylic acids is 2. The molecule has 36 heavy (non-hydrogen) atoms. The molecule has 0 unspecified atom stereocenters. The van der Waals surface area contributed by atoms with Crippen molar-refractivity contribution < 1.29 is 33.1 Å². The van der Waals surface area contributed by atoms with Gasteiger partial charge in [0.2, 0.25) is 23.4 Å². The van der Waals surface area contributed by atoms with Gasteiger partial charge in [0.05, 0.1) is 26.9 Å². The van der Waals surface area contributed by atoms with Gasteiger partial charge < -0.3 is 23.5 Å². The van der Waals surface area contributed by atoms with Gasteiger partial charge in [0.25, 0.3) is 5.91 Å². The minimum Gasteiger partial charge on any atom is -0.497 e. The Morgan fingerprint density at radius 3 is 2.14 bits per heavy atom. The Kier molecular flexibility index (Phi) is 9.49. The quantitative estimate of drug-likeness (QED) is 0.361. The fraction of sp³-hybridized carbons (Fsp3) is 0.360. The molecule has 2 N–H and O–H groups in total. The van der Waals surface area contributed by atoms with E-state index < -0.39 is 11.8 Å². The van der Waals surface area contributed by atoms with E-state index in [1.165, 1.54) is 12.1 Å². The Morgan fingerprint density at radius 2 is 1.56 bits per heavy atom. The van der Waals surface area contributed by atoms with E-state index in [0.717, 1.165) is 11.3 Å². The predicted octanol–water partition coefficient (Wildman–Crippen LogP) is 3.34. The van der Waals surface area contributed by atoms with Crippen LogP contribution >= 0.6 is 0 Å². The standard InChI is InChI=1S/C25H30N4O7/c1-5-33-19-14-17(15-20(34-6-2)23(19)35-7-3)25(31)28-27-21(30)12-13-22-26-24(29-36-22)16-8-10-18(32-4)11-9-16/h8-11,14-15H,5-7,12-13H2,1-4H3,(H,27,30)(H,28,31). The zero-order valence-corrected chi connectivity index (χ0v) is 20.8. The molecule has 1 heterocycles. The van der Waals surface area contributed by atoms with E-state index in [1.807, 2.05) is 32.9 Å². The van der Waals surface area contributed by atoms with E-state index >= 15 is 0 Å². The van der Waals surface area contributed by atoms with Gasteiger partial charge in [-0.3, -0.25) is 20.4 Å². The number of aromatic nitrogens is 2. The van der Waals surface area contributed by atoms with E-state index in [1.54, 1.807) is 19.2 Å². The van der Waals surface area contributed by atoms with E-state index in [2.05, 4.69) is 21.0 Å². The summed E-state index contributed by atoms with van der Waals surface area (Å²) >= 11 is 0. The van der Waals surface area contributed by atoms with Crippen LogP contribution in [-0.2, 0) is 11.2 Å². The van der Waals surface area contributed by atoms with Crippen LogP contribution in [0.25, 0.3) is 11.4 Å². The highest BCUT2D eigenvalue weighted by Gasteiger charge is 2.19. The lowest BCUT2D eigenvalue weighted by Crippen LogP contribution is -2.41. The van der Waals surface area contributed by atoms with Crippen molar-refractivity contribution in [1.82, 2.24) is 21.0 Å². The SMILES string of the molecule is CCOc1cc(C(=O)NNC(=O)CCc2nc(-c3ccc(OC)cc3)no2)cc(OCC)c1OCC. The Labute approximate surface area is 209 Å². The average molecular weight is 499 g/mol. The van der Waals surface area contributed by atoms with Crippen LogP contribution in [0.1, 0.15) is 43.4 Å². The zero-order chi connectivity index (χ0) is 25.9. The number of amides is 2. The first kappa shape index (κ1) is 26.3. The summed E-state index contributed by atoms with van der Waals surface area (Å²) in [6.07, 6.45) is 0.235. The van der Waals surface area contributed by atoms with E-state index in [9.17, 15) is 9.59 Å². The van der Waals surface area contributed by atoms with Crippen LogP contribution in [0.15, 0.2) is 40.9 Å². The summed E-state index contributed by atoms with van der Waals surface area (Å²) in [5.41, 5.74) is 5.79. The number of ether oxygens (including phenoxy) is 4. The van der Waals surface area contributed by atoms with Crippen molar-refractivity contribution in [3.63, 3.8) is 0 Å². The smallest absolute Gasteiger partial charge is 0.269 e. The maximum absolute atomic E-state index is 12.7. The van der Waals surface area contributed by atoms with Gasteiger partial charge in [-0.05, 0) is 57.2 Å². The van der Waals surface area contributed by atoms with Gasteiger partial charge >= 0.3 is 0 Å². The normalized spacial score (nSPS) is 10.4. The van der Waals surface area contributed by atoms with Crippen molar-refractivity contribution in [2.24, 2.45) is 0 Å². The summed E-state index contributed by atoms with van der Waals surface area (Å²) in [6, 6.07) is 10.3. The molecule has 11 nitrogen and oxygen atoms in total. The number of hydrogen-bond donors (Lipinski definition) is 2. The van der Waals surface area contributed by atoms with E-state index in [-0.39, 0.29) is 18.4 Å². The first-order valence-corrected chi connectivity index (χ1v) is 11.6. The molecule has 3 rings (SSSR count). The topological polar surface area (TPSA) is 134 Å². The van der Waals surface area contributed by atoms with Gasteiger partial charge in [0.15, 0.2) is 11.5 Å². The molecule has 0 radical (unpaired) electrons. The number of methoxy groups -OCH3 is 1. The molecule has 0 aliphatic carbocycles. The second kappa shape index (κ2) is 13.0. The van der Waals surface area contributed by atoms with Crippen LogP contribution in [0.3, 0.4) is 0 Å². The van der Waals surface area contributed by atoms with Crippen molar-refractivity contribution in [3.8, 4) is 34.4 Å². The molecule has 0 saturated heterocycles. The second-order valence-electron chi connectivity index (χ2n) is 7.34. The lowest BCUT2D eigenvalue weighted by Gasteiger charge is -2.17. The summed E-state index contributed by atoms with van der Waals surface area (Å²) in [4.78, 5) is 29.3. The van der Waals surface area contributed by atoms with Crippen LogP contribution in [0, 0.1) is 0 Å². The molecule has 0 aliphatic heterocycles. The highest BCUT2D eigenvalue weighted by Crippen LogP contribution is 2.39. The highest BCUT2D eigenvalue weighted by molar-refractivity contribution is 5.96. The third kappa shape index (κ3) is 6.87. The zero-order valence-electron chi connectivity index (χ0n) is 20.8. The van der Waals surface area contributed by atoms with Crippen LogP contribution in [0.2, 0.25) is 0 Å². The third-order valence-electron chi connectivity index (χ3n) is 4.87. The Morgan fingerprint density at radius 1 is 0.917 bits per heavy atom. The van der Waals surface area contributed by atoms with Crippen molar-refractivity contribution >= 4 is 11.8 Å². The minimum absolute atomic E-state index is 0.0300. The molecule has 3 aromatic rings. The molecule has 0 saturated carbocycles. The molecule has 2 aromatic carbocycles. The van der Waals surface area contributed by atoms with Gasteiger partial charge in [-0.2, -0.15) is 4.98 Å². The maximum atomic E-state index is 12.7. The second-order valence-corrected chi connectivity index (χ2v) is 7.34. The van der Waals surface area contributed by atoms with E-state index in [0.29, 0.717) is 48.8 Å². The first-order valence-electron chi connectivity index (χ1n) is 11.6. The van der Waals surface area contributed by atoms with Crippen molar-refractivity contribution in [1.29, 1.82) is 0 Å². The molecular formula is C25H30N4O7. The van der Waals surface area contributed by atoms with Crippen LogP contribution in [0.5, 0.6) is 23.0 Å². The fourth-order valence-electron chi connectivity index (χ4n) is 3.22. The molecule has 0 fully saturated rings. The number of nitrogens with zero attached hydrogens (tertiary/aromatic N) is 2. The minimum atomic E-state index is -0.534. The molecule has 192 valence electrons. The van der Waals surface area contributed by atoms with Gasteiger partial charge in [-0.25, -0.2) is 0 Å². The van der Waals surface area contributed by atoms with Crippen LogP contribution < -0.4 is 29.8 Å². The molecular weight excluding hydrogens is 468 g/mol. The average Bonchev–Trinajstić information content (AvgIpc) is 3.37. The lowest BCUT2D eigenvalue weighted by atomic mass is 10.1. The summed E-state index contributed by atoms with van der Waals surface area (Å²) in [5.74, 6) is 1.66. The van der Waals surface area contributed by atoms with E-state index in [4.69, 9.17) is 23.5 Å². The number of nitrogens with one attached hydrogen (secondary N) is 2. The third-order valence-corrected chi connectivity index (χ3v) is 4.87. The Bertz CT molecular complexity index is 1130. The molecule has 1 aromatic heterocycles. The Hall–Kier alpha value is -4.28. The van der Waals surface area contributed by atoms with Crippen molar-refractivity contribution in [2.75, 3.05) is 26.9 Å². The van der Waals surface area contributed by atoms with Gasteiger partial charge in [0, 0.05) is 24.0 Å². The first-order chi connectivity index (χ1) is 17.5. The molecule has 0 bridgehead atoms. The summed E-state index contributed by atoms with van der Waals surface area (Å²) in [7, 11) is 1.59. The molecule has 2 amide bonds. The number of aryl methyl sites for hydroxylation is 1. The van der Waals surface area contributed by atoms with Crippen LogP contribution in [-0.4, -0.2) is 48.9 Å². The van der Waals surface area contributed by atoms with Crippen molar-refractivity contribution in [3.05, 3.63) is 47.9 Å². The molecule has 0 aliphatic rings. The molecule has 0 spiro atoms. The number of carbonyl (C=O) groups is 2. The Balaban J connectivity index is 1.57. The predicted molar refractivity (Wildman–Crippen MR) is 130 cm³/mol. The number of hydrazine groups is 1. The largest absolute Gasteiger partial charge is 0.497 e. The maximum Gasteiger partial charge on any atom is 0.269 e. The molecule has 0 atom stereocenters. The number of benzene rings is 2. The van der Waals surface area contributed by atoms with Crippen molar-refractivity contribution in [2.45, 2.75) is 33.6 Å². The lowest BCUT2D eigenvalue weighted by molar-refractivity contribution is -0.121. The number of rotatable bonds is 12. The van der Waals surface area contributed by atoms with Crippen LogP contribution in [0.4, 0.5) is 0 Å².